The number of rotatable bonds is 38. The van der Waals surface area contributed by atoms with Crippen LogP contribution in [0.15, 0.2) is 12.2 Å². The third-order valence-electron chi connectivity index (χ3n) is 8.91. The van der Waals surface area contributed by atoms with Crippen molar-refractivity contribution >= 4 is 19.6 Å². The highest BCUT2D eigenvalue weighted by Crippen LogP contribution is 2.45. The minimum Gasteiger partial charge on any atom is -0.457 e. The van der Waals surface area contributed by atoms with Gasteiger partial charge in [-0.3, -0.25) is 18.6 Å². The molecule has 0 aromatic rings. The van der Waals surface area contributed by atoms with Crippen LogP contribution in [-0.2, 0) is 27.9 Å². The number of carbonyl (C=O) groups is 2. The molecule has 4 N–H and O–H groups in total. The van der Waals surface area contributed by atoms with E-state index in [1.807, 2.05) is 0 Å². The molecule has 0 rings (SSSR count). The van der Waals surface area contributed by atoms with Gasteiger partial charge in [0.25, 0.3) is 0 Å². The van der Waals surface area contributed by atoms with Crippen LogP contribution in [0.4, 0.5) is 0 Å². The third kappa shape index (κ3) is 31.4. The number of aliphatic hydroxyl groups is 1. The minimum absolute atomic E-state index is 0.0149. The van der Waals surface area contributed by atoms with Gasteiger partial charge < -0.3 is 20.5 Å². The number of phosphoric ester groups is 1. The Bertz CT molecular complexity index is 840. The number of phosphoric acid groups is 1. The van der Waals surface area contributed by atoms with Gasteiger partial charge in [0.05, 0.1) is 13.2 Å². The molecule has 0 saturated heterocycles. The lowest BCUT2D eigenvalue weighted by Gasteiger charge is -2.26. The van der Waals surface area contributed by atoms with E-state index in [0.717, 1.165) is 57.8 Å². The zero-order valence-electron chi connectivity index (χ0n) is 31.6. The van der Waals surface area contributed by atoms with Crippen molar-refractivity contribution in [2.45, 2.75) is 206 Å². The molecule has 290 valence electrons. The lowest BCUT2D eigenvalue weighted by molar-refractivity contribution is -0.161. The molecular weight excluding hydrogens is 641 g/mol. The molecule has 0 aliphatic rings. The highest BCUT2D eigenvalue weighted by atomic mass is 31.2. The smallest absolute Gasteiger partial charge is 0.457 e. The van der Waals surface area contributed by atoms with Gasteiger partial charge in [-0.15, -0.1) is 0 Å². The van der Waals surface area contributed by atoms with Crippen LogP contribution >= 0.6 is 7.82 Å². The Labute approximate surface area is 300 Å². The molecular formula is C39H76NO8P. The number of allylic oxidation sites excluding steroid dienone is 2. The molecule has 0 aliphatic heterocycles. The molecule has 0 bridgehead atoms. The van der Waals surface area contributed by atoms with E-state index in [1.165, 1.54) is 96.3 Å². The normalized spacial score (nSPS) is 14.2. The van der Waals surface area contributed by atoms with Crippen LogP contribution in [-0.4, -0.2) is 53.7 Å². The van der Waals surface area contributed by atoms with E-state index in [2.05, 4.69) is 26.0 Å². The van der Waals surface area contributed by atoms with Crippen molar-refractivity contribution in [1.82, 2.24) is 0 Å². The van der Waals surface area contributed by atoms with E-state index in [4.69, 9.17) is 19.5 Å². The second-order valence-electron chi connectivity index (χ2n) is 13.6. The molecule has 0 heterocycles. The first-order valence-electron chi connectivity index (χ1n) is 20.1. The Kier molecular flexibility index (Phi) is 34.5. The molecule has 3 atom stereocenters. The highest BCUT2D eigenvalue weighted by molar-refractivity contribution is 7.47. The second kappa shape index (κ2) is 35.3. The number of esters is 1. The number of hydrogen-bond acceptors (Lipinski definition) is 8. The molecule has 49 heavy (non-hydrogen) atoms. The van der Waals surface area contributed by atoms with E-state index in [-0.39, 0.29) is 26.0 Å². The topological polar surface area (TPSA) is 145 Å². The van der Waals surface area contributed by atoms with Gasteiger partial charge in [-0.05, 0) is 38.5 Å². The Morgan fingerprint density at radius 3 is 1.49 bits per heavy atom. The number of aliphatic hydroxyl groups excluding tert-OH is 1. The van der Waals surface area contributed by atoms with Crippen LogP contribution in [0, 0.1) is 0 Å². The maximum atomic E-state index is 13.1. The van der Waals surface area contributed by atoms with Crippen molar-refractivity contribution in [1.29, 1.82) is 0 Å². The van der Waals surface area contributed by atoms with Gasteiger partial charge in [0.1, 0.15) is 0 Å². The van der Waals surface area contributed by atoms with Gasteiger partial charge >= 0.3 is 13.8 Å². The number of nitrogens with two attached hydrogens (primary N) is 1. The molecule has 0 fully saturated rings. The summed E-state index contributed by atoms with van der Waals surface area (Å²) in [6.07, 6.45) is 31.8. The van der Waals surface area contributed by atoms with Crippen molar-refractivity contribution in [2.75, 3.05) is 19.8 Å². The summed E-state index contributed by atoms with van der Waals surface area (Å²) in [7, 11) is -4.67. The fourth-order valence-electron chi connectivity index (χ4n) is 5.90. The summed E-state index contributed by atoms with van der Waals surface area (Å²) >= 11 is 0. The molecule has 0 aromatic carbocycles. The molecule has 2 unspecified atom stereocenters. The molecule has 0 spiro atoms. The van der Waals surface area contributed by atoms with Gasteiger partial charge in [-0.1, -0.05) is 154 Å². The first-order valence-corrected chi connectivity index (χ1v) is 21.6. The van der Waals surface area contributed by atoms with Crippen LogP contribution in [0.3, 0.4) is 0 Å². The van der Waals surface area contributed by atoms with Crippen molar-refractivity contribution in [3.05, 3.63) is 12.2 Å². The summed E-state index contributed by atoms with van der Waals surface area (Å²) in [4.78, 5) is 35.9. The van der Waals surface area contributed by atoms with Gasteiger partial charge in [0.15, 0.2) is 18.0 Å². The average molecular weight is 718 g/mol. The monoisotopic (exact) mass is 718 g/mol. The maximum absolute atomic E-state index is 13.1. The van der Waals surface area contributed by atoms with Crippen molar-refractivity contribution < 1.29 is 37.9 Å². The van der Waals surface area contributed by atoms with Crippen molar-refractivity contribution in [3.8, 4) is 0 Å². The fourth-order valence-corrected chi connectivity index (χ4v) is 6.84. The lowest BCUT2D eigenvalue weighted by Crippen LogP contribution is -2.41. The number of hydrogen-bond donors (Lipinski definition) is 3. The molecule has 0 aromatic heterocycles. The number of Topliss-reactive ketones (excluding diaryl/α,β-unsaturated/α-hetero) is 1. The Morgan fingerprint density at radius 1 is 0.653 bits per heavy atom. The fraction of sp³-hybridized carbons (Fsp3) is 0.897. The Morgan fingerprint density at radius 2 is 1.06 bits per heavy atom. The van der Waals surface area contributed by atoms with E-state index in [9.17, 15) is 24.2 Å². The summed E-state index contributed by atoms with van der Waals surface area (Å²) in [5.74, 6) is -1.07. The third-order valence-corrected chi connectivity index (χ3v) is 9.91. The summed E-state index contributed by atoms with van der Waals surface area (Å²) in [5.41, 5.74) is 5.38. The number of ketones is 1. The van der Waals surface area contributed by atoms with Gasteiger partial charge in [-0.25, -0.2) is 4.57 Å². The van der Waals surface area contributed by atoms with E-state index >= 15 is 0 Å². The predicted molar refractivity (Wildman–Crippen MR) is 201 cm³/mol. The quantitative estimate of drug-likeness (QED) is 0.0246. The standard InChI is InChI=1S/C39H76NO8P/c1-3-5-7-9-11-13-15-17-18-20-21-23-25-27-29-31-36(42)39(48-49(44,45)46-34-33-40)37(35-41)47-38(43)32-30-28-26-24-22-19-16-14-12-10-8-6-4-2/h17-18,37,39,41H,3-16,19-35,40H2,1-2H3,(H,44,45)/b18-17-/t37-,39?/m0/s1. The van der Waals surface area contributed by atoms with E-state index < -0.39 is 38.4 Å². The number of ether oxygens (including phenoxy) is 1. The molecule has 9 nitrogen and oxygen atoms in total. The lowest BCUT2D eigenvalue weighted by atomic mass is 10.0. The van der Waals surface area contributed by atoms with Crippen LogP contribution < -0.4 is 5.73 Å². The second-order valence-corrected chi connectivity index (χ2v) is 15.0. The molecule has 0 radical (unpaired) electrons. The van der Waals surface area contributed by atoms with Crippen LogP contribution in [0.1, 0.15) is 194 Å². The van der Waals surface area contributed by atoms with Crippen LogP contribution in [0.5, 0.6) is 0 Å². The minimum atomic E-state index is -4.67. The molecule has 0 saturated carbocycles. The summed E-state index contributed by atoms with van der Waals surface area (Å²) < 4.78 is 27.9. The summed E-state index contributed by atoms with van der Waals surface area (Å²) in [6.45, 7) is 3.50. The van der Waals surface area contributed by atoms with Gasteiger partial charge in [-0.2, -0.15) is 0 Å². The largest absolute Gasteiger partial charge is 0.473 e. The molecule has 0 aliphatic carbocycles. The summed E-state index contributed by atoms with van der Waals surface area (Å²) in [6, 6.07) is 0. The molecule has 10 heteroatoms. The van der Waals surface area contributed by atoms with Crippen molar-refractivity contribution in [2.24, 2.45) is 5.73 Å². The maximum Gasteiger partial charge on any atom is 0.473 e. The van der Waals surface area contributed by atoms with Crippen LogP contribution in [0.25, 0.3) is 0 Å². The average Bonchev–Trinajstić information content (AvgIpc) is 3.09. The Hall–Kier alpha value is -1.09. The Balaban J connectivity index is 4.46. The first-order chi connectivity index (χ1) is 23.8. The SMILES string of the molecule is CCCCCCCC/C=C\CCCCCCCC(=O)C(OP(=O)(O)OCCN)[C@H](CO)OC(=O)CCCCCCCCCCCCCCC. The zero-order chi connectivity index (χ0) is 36.3. The summed E-state index contributed by atoms with van der Waals surface area (Å²) in [5, 5.41) is 10.0. The van der Waals surface area contributed by atoms with Gasteiger partial charge in [0, 0.05) is 19.4 Å². The molecule has 0 amide bonds. The van der Waals surface area contributed by atoms with Crippen LogP contribution in [0.2, 0.25) is 0 Å². The number of unbranched alkanes of at least 4 members (excludes halogenated alkanes) is 23. The van der Waals surface area contributed by atoms with E-state index in [0.29, 0.717) is 12.8 Å². The van der Waals surface area contributed by atoms with Gasteiger partial charge in [0.2, 0.25) is 0 Å². The zero-order valence-corrected chi connectivity index (χ0v) is 32.5. The highest BCUT2D eigenvalue weighted by Gasteiger charge is 2.38. The first kappa shape index (κ1) is 47.9. The predicted octanol–water partition coefficient (Wildman–Crippen LogP) is 10.4. The van der Waals surface area contributed by atoms with Crippen molar-refractivity contribution in [3.63, 3.8) is 0 Å². The van der Waals surface area contributed by atoms with E-state index in [1.54, 1.807) is 0 Å². The number of carbonyl (C=O) groups excluding carboxylic acids is 2.